The van der Waals surface area contributed by atoms with Crippen molar-refractivity contribution >= 4 is 28.4 Å². The van der Waals surface area contributed by atoms with Crippen LogP contribution in [0.4, 0.5) is 0 Å². The molecule has 1 amide bonds. The van der Waals surface area contributed by atoms with Crippen molar-refractivity contribution in [2.75, 3.05) is 5.88 Å². The molecule has 106 valence electrons. The third-order valence-corrected chi connectivity index (χ3v) is 4.54. The highest BCUT2D eigenvalue weighted by atomic mass is 35.5. The maximum absolute atomic E-state index is 12.5. The van der Waals surface area contributed by atoms with Gasteiger partial charge in [-0.1, -0.05) is 24.6 Å². The fraction of sp³-hybridized carbons (Fsp3) is 0.467. The number of amides is 1. The van der Waals surface area contributed by atoms with Gasteiger partial charge < -0.3 is 5.32 Å². The van der Waals surface area contributed by atoms with Crippen LogP contribution in [0.25, 0.3) is 10.9 Å². The lowest BCUT2D eigenvalue weighted by atomic mass is 10.1. The average Bonchev–Trinajstić information content (AvgIpc) is 3.04. The summed E-state index contributed by atoms with van der Waals surface area (Å²) in [5.74, 6) is 0.896. The van der Waals surface area contributed by atoms with Crippen LogP contribution in [0.15, 0.2) is 24.3 Å². The largest absolute Gasteiger partial charge is 0.348 e. The van der Waals surface area contributed by atoms with Crippen LogP contribution in [0.2, 0.25) is 0 Å². The normalized spacial score (nSPS) is 22.3. The zero-order valence-corrected chi connectivity index (χ0v) is 12.2. The fourth-order valence-electron chi connectivity index (χ4n) is 3.03. The fourth-order valence-corrected chi connectivity index (χ4v) is 3.40. The summed E-state index contributed by atoms with van der Waals surface area (Å²) in [4.78, 5) is 12.5. The van der Waals surface area contributed by atoms with Crippen LogP contribution in [-0.2, 0) is 7.05 Å². The number of carbonyl (C=O) groups excluding carboxylic acids is 1. The summed E-state index contributed by atoms with van der Waals surface area (Å²) in [5.41, 5.74) is 1.47. The summed E-state index contributed by atoms with van der Waals surface area (Å²) in [6.07, 6.45) is 3.23. The molecule has 0 bridgehead atoms. The molecule has 1 aromatic carbocycles. The van der Waals surface area contributed by atoms with E-state index in [4.69, 9.17) is 11.6 Å². The predicted octanol–water partition coefficient (Wildman–Crippen LogP) is 2.71. The van der Waals surface area contributed by atoms with Gasteiger partial charge in [-0.3, -0.25) is 9.48 Å². The molecule has 1 aliphatic rings. The molecule has 2 aromatic rings. The molecule has 5 heteroatoms. The quantitative estimate of drug-likeness (QED) is 0.884. The Labute approximate surface area is 123 Å². The van der Waals surface area contributed by atoms with Gasteiger partial charge in [0.05, 0.1) is 5.52 Å². The van der Waals surface area contributed by atoms with E-state index in [0.717, 1.165) is 30.2 Å². The lowest BCUT2D eigenvalue weighted by Crippen LogP contribution is -2.38. The van der Waals surface area contributed by atoms with Crippen molar-refractivity contribution in [3.63, 3.8) is 0 Å². The summed E-state index contributed by atoms with van der Waals surface area (Å²) in [5, 5.41) is 8.35. The smallest absolute Gasteiger partial charge is 0.272 e. The molecule has 2 unspecified atom stereocenters. The van der Waals surface area contributed by atoms with Gasteiger partial charge in [0, 0.05) is 24.4 Å². The van der Waals surface area contributed by atoms with Crippen molar-refractivity contribution in [1.82, 2.24) is 15.1 Å². The Morgan fingerprint density at radius 1 is 1.45 bits per heavy atom. The van der Waals surface area contributed by atoms with Gasteiger partial charge in [0.1, 0.15) is 0 Å². The van der Waals surface area contributed by atoms with E-state index in [9.17, 15) is 4.79 Å². The highest BCUT2D eigenvalue weighted by Crippen LogP contribution is 2.27. The summed E-state index contributed by atoms with van der Waals surface area (Å²) in [6, 6.07) is 7.96. The van der Waals surface area contributed by atoms with Crippen molar-refractivity contribution in [3.05, 3.63) is 30.0 Å². The van der Waals surface area contributed by atoms with Crippen molar-refractivity contribution in [2.45, 2.75) is 25.3 Å². The molecule has 4 nitrogen and oxygen atoms in total. The van der Waals surface area contributed by atoms with Crippen LogP contribution in [0.3, 0.4) is 0 Å². The highest BCUT2D eigenvalue weighted by molar-refractivity contribution is 6.18. The Hall–Kier alpha value is -1.55. The second-order valence-corrected chi connectivity index (χ2v) is 5.72. The first-order valence-electron chi connectivity index (χ1n) is 6.99. The van der Waals surface area contributed by atoms with Gasteiger partial charge in [0.25, 0.3) is 5.91 Å². The van der Waals surface area contributed by atoms with Crippen molar-refractivity contribution in [1.29, 1.82) is 0 Å². The van der Waals surface area contributed by atoms with E-state index in [0.29, 0.717) is 17.5 Å². The number of aromatic nitrogens is 2. The van der Waals surface area contributed by atoms with Crippen molar-refractivity contribution in [2.24, 2.45) is 13.0 Å². The number of hydrogen-bond donors (Lipinski definition) is 1. The first kappa shape index (κ1) is 13.4. The number of carbonyl (C=O) groups is 1. The molecule has 20 heavy (non-hydrogen) atoms. The predicted molar refractivity (Wildman–Crippen MR) is 80.0 cm³/mol. The highest BCUT2D eigenvalue weighted by Gasteiger charge is 2.29. The number of nitrogens with zero attached hydrogens (tertiary/aromatic N) is 2. The maximum atomic E-state index is 12.5. The molecule has 1 N–H and O–H groups in total. The SMILES string of the molecule is Cn1nc(C(=O)NC2CCCC2CCl)c2ccccc21. The number of para-hydroxylation sites is 1. The van der Waals surface area contributed by atoms with Crippen LogP contribution in [-0.4, -0.2) is 27.6 Å². The summed E-state index contributed by atoms with van der Waals surface area (Å²) >= 11 is 5.96. The molecule has 0 spiro atoms. The third-order valence-electron chi connectivity index (χ3n) is 4.15. The number of fused-ring (bicyclic) bond motifs is 1. The van der Waals surface area contributed by atoms with E-state index in [1.54, 1.807) is 4.68 Å². The number of alkyl halides is 1. The van der Waals surface area contributed by atoms with Crippen LogP contribution >= 0.6 is 11.6 Å². The van der Waals surface area contributed by atoms with Crippen LogP contribution < -0.4 is 5.32 Å². The molecule has 0 saturated heterocycles. The van der Waals surface area contributed by atoms with Gasteiger partial charge in [-0.15, -0.1) is 11.6 Å². The molecule has 3 rings (SSSR count). The third kappa shape index (κ3) is 2.29. The maximum Gasteiger partial charge on any atom is 0.272 e. The lowest BCUT2D eigenvalue weighted by Gasteiger charge is -2.18. The zero-order valence-electron chi connectivity index (χ0n) is 11.5. The van der Waals surface area contributed by atoms with E-state index in [1.165, 1.54) is 0 Å². The Balaban J connectivity index is 1.86. The molecule has 0 radical (unpaired) electrons. The molecule has 1 fully saturated rings. The monoisotopic (exact) mass is 291 g/mol. The van der Waals surface area contributed by atoms with Crippen LogP contribution in [0.5, 0.6) is 0 Å². The first-order chi connectivity index (χ1) is 9.70. The number of nitrogens with one attached hydrogen (secondary N) is 1. The van der Waals surface area contributed by atoms with Gasteiger partial charge in [-0.05, 0) is 24.8 Å². The molecule has 1 aromatic heterocycles. The molecule has 2 atom stereocenters. The Bertz CT molecular complexity index is 637. The number of rotatable bonds is 3. The zero-order chi connectivity index (χ0) is 14.1. The standard InChI is InChI=1S/C15H18ClN3O/c1-19-13-8-3-2-6-11(13)14(18-19)15(20)17-12-7-4-5-10(12)9-16/h2-3,6,8,10,12H,4-5,7,9H2,1H3,(H,17,20). The average molecular weight is 292 g/mol. The molecular weight excluding hydrogens is 274 g/mol. The number of halogens is 1. The van der Waals surface area contributed by atoms with Crippen LogP contribution in [0.1, 0.15) is 29.8 Å². The van der Waals surface area contributed by atoms with Gasteiger partial charge in [0.15, 0.2) is 5.69 Å². The van der Waals surface area contributed by atoms with Crippen molar-refractivity contribution in [3.8, 4) is 0 Å². The van der Waals surface area contributed by atoms with E-state index in [1.807, 2.05) is 31.3 Å². The lowest BCUT2D eigenvalue weighted by molar-refractivity contribution is 0.0926. The van der Waals surface area contributed by atoms with Gasteiger partial charge in [-0.2, -0.15) is 5.10 Å². The number of hydrogen-bond acceptors (Lipinski definition) is 2. The summed E-state index contributed by atoms with van der Waals surface area (Å²) in [6.45, 7) is 0. The van der Waals surface area contributed by atoms with E-state index in [2.05, 4.69) is 10.4 Å². The molecule has 1 heterocycles. The summed E-state index contributed by atoms with van der Waals surface area (Å²) in [7, 11) is 1.86. The summed E-state index contributed by atoms with van der Waals surface area (Å²) < 4.78 is 1.75. The second-order valence-electron chi connectivity index (χ2n) is 5.41. The molecule has 0 aliphatic heterocycles. The van der Waals surface area contributed by atoms with Gasteiger partial charge in [0.2, 0.25) is 0 Å². The Morgan fingerprint density at radius 2 is 2.25 bits per heavy atom. The Kier molecular flexibility index (Phi) is 3.66. The minimum Gasteiger partial charge on any atom is -0.348 e. The van der Waals surface area contributed by atoms with Crippen LogP contribution in [0, 0.1) is 5.92 Å². The van der Waals surface area contributed by atoms with Gasteiger partial charge in [-0.25, -0.2) is 0 Å². The molecular formula is C15H18ClN3O. The minimum absolute atomic E-state index is 0.0937. The van der Waals surface area contributed by atoms with Gasteiger partial charge >= 0.3 is 0 Å². The molecule has 1 saturated carbocycles. The number of aryl methyl sites for hydroxylation is 1. The minimum atomic E-state index is -0.0937. The first-order valence-corrected chi connectivity index (χ1v) is 7.52. The molecule has 1 aliphatic carbocycles. The Morgan fingerprint density at radius 3 is 3.05 bits per heavy atom. The van der Waals surface area contributed by atoms with Crippen molar-refractivity contribution < 1.29 is 4.79 Å². The number of benzene rings is 1. The topological polar surface area (TPSA) is 46.9 Å². The van der Waals surface area contributed by atoms with E-state index >= 15 is 0 Å². The second kappa shape index (κ2) is 5.44. The van der Waals surface area contributed by atoms with E-state index < -0.39 is 0 Å². The van der Waals surface area contributed by atoms with E-state index in [-0.39, 0.29) is 11.9 Å².